The van der Waals surface area contributed by atoms with Crippen LogP contribution in [0.1, 0.15) is 26.2 Å². The summed E-state index contributed by atoms with van der Waals surface area (Å²) in [7, 11) is 0. The first-order valence-electron chi connectivity index (χ1n) is 6.87. The van der Waals surface area contributed by atoms with Crippen LogP contribution >= 0.6 is 11.6 Å². The molecular weight excluding hydrogens is 272 g/mol. The molecular formula is C15H19ClN4. The standard InChI is InChI=1S/C15H19ClN4/c1-2-3-4-10-17-15-18-11-9-14(20-15)19-13-7-5-12(16)6-8-13/h5-9,11H,2-4,10H2,1H3,(H2,17,18,19,20). The first-order chi connectivity index (χ1) is 9.78. The SMILES string of the molecule is CCCCCNc1nccc(Nc2ccc(Cl)cc2)n1. The molecule has 0 aliphatic heterocycles. The highest BCUT2D eigenvalue weighted by molar-refractivity contribution is 6.30. The lowest BCUT2D eigenvalue weighted by molar-refractivity contribution is 0.740. The van der Waals surface area contributed by atoms with E-state index in [1.807, 2.05) is 30.3 Å². The molecule has 0 spiro atoms. The molecule has 1 heterocycles. The molecule has 2 aromatic rings. The van der Waals surface area contributed by atoms with Crippen LogP contribution in [0.25, 0.3) is 0 Å². The lowest BCUT2D eigenvalue weighted by Crippen LogP contribution is -2.06. The molecule has 0 amide bonds. The summed E-state index contributed by atoms with van der Waals surface area (Å²) in [5, 5.41) is 7.17. The first-order valence-corrected chi connectivity index (χ1v) is 7.25. The van der Waals surface area contributed by atoms with Crippen LogP contribution in [-0.4, -0.2) is 16.5 Å². The minimum Gasteiger partial charge on any atom is -0.354 e. The van der Waals surface area contributed by atoms with Crippen molar-refractivity contribution in [2.75, 3.05) is 17.2 Å². The van der Waals surface area contributed by atoms with Crippen molar-refractivity contribution in [2.24, 2.45) is 0 Å². The van der Waals surface area contributed by atoms with Gasteiger partial charge in [0.15, 0.2) is 0 Å². The van der Waals surface area contributed by atoms with Crippen molar-refractivity contribution in [3.05, 3.63) is 41.6 Å². The van der Waals surface area contributed by atoms with Gasteiger partial charge in [-0.15, -0.1) is 0 Å². The Kier molecular flexibility index (Phi) is 5.62. The maximum atomic E-state index is 5.86. The highest BCUT2D eigenvalue weighted by atomic mass is 35.5. The summed E-state index contributed by atoms with van der Waals surface area (Å²) in [6.45, 7) is 3.09. The molecule has 106 valence electrons. The zero-order chi connectivity index (χ0) is 14.2. The van der Waals surface area contributed by atoms with E-state index in [1.54, 1.807) is 6.20 Å². The molecule has 1 aromatic heterocycles. The fourth-order valence-electron chi connectivity index (χ4n) is 1.77. The van der Waals surface area contributed by atoms with E-state index in [1.165, 1.54) is 12.8 Å². The third-order valence-corrected chi connectivity index (χ3v) is 3.09. The second kappa shape index (κ2) is 7.70. The molecule has 0 aliphatic rings. The summed E-state index contributed by atoms with van der Waals surface area (Å²) in [6.07, 6.45) is 5.30. The van der Waals surface area contributed by atoms with Gasteiger partial charge in [0.05, 0.1) is 0 Å². The molecule has 4 nitrogen and oxygen atoms in total. The van der Waals surface area contributed by atoms with Crippen molar-refractivity contribution in [2.45, 2.75) is 26.2 Å². The van der Waals surface area contributed by atoms with Crippen molar-refractivity contribution < 1.29 is 0 Å². The van der Waals surface area contributed by atoms with E-state index in [4.69, 9.17) is 11.6 Å². The van der Waals surface area contributed by atoms with Gasteiger partial charge in [-0.2, -0.15) is 4.98 Å². The number of halogens is 1. The number of anilines is 3. The summed E-state index contributed by atoms with van der Waals surface area (Å²) in [5.41, 5.74) is 0.949. The van der Waals surface area contributed by atoms with Crippen LogP contribution < -0.4 is 10.6 Å². The van der Waals surface area contributed by atoms with Crippen molar-refractivity contribution in [3.63, 3.8) is 0 Å². The Morgan fingerprint density at radius 2 is 1.90 bits per heavy atom. The topological polar surface area (TPSA) is 49.8 Å². The van der Waals surface area contributed by atoms with Gasteiger partial charge in [0.25, 0.3) is 0 Å². The predicted molar refractivity (Wildman–Crippen MR) is 84.8 cm³/mol. The van der Waals surface area contributed by atoms with E-state index in [-0.39, 0.29) is 0 Å². The first kappa shape index (κ1) is 14.6. The number of benzene rings is 1. The third-order valence-electron chi connectivity index (χ3n) is 2.84. The van der Waals surface area contributed by atoms with Crippen LogP contribution in [-0.2, 0) is 0 Å². The molecule has 20 heavy (non-hydrogen) atoms. The fourth-order valence-corrected chi connectivity index (χ4v) is 1.90. The average Bonchev–Trinajstić information content (AvgIpc) is 2.47. The molecule has 0 saturated heterocycles. The maximum Gasteiger partial charge on any atom is 0.224 e. The van der Waals surface area contributed by atoms with Gasteiger partial charge in [0, 0.05) is 23.5 Å². The van der Waals surface area contributed by atoms with Gasteiger partial charge >= 0.3 is 0 Å². The highest BCUT2D eigenvalue weighted by Gasteiger charge is 1.99. The molecule has 0 radical (unpaired) electrons. The lowest BCUT2D eigenvalue weighted by Gasteiger charge is -2.08. The van der Waals surface area contributed by atoms with E-state index in [2.05, 4.69) is 27.5 Å². The zero-order valence-corrected chi connectivity index (χ0v) is 12.3. The minimum absolute atomic E-state index is 0.653. The van der Waals surface area contributed by atoms with Crippen LogP contribution in [0.3, 0.4) is 0 Å². The van der Waals surface area contributed by atoms with Crippen LogP contribution in [0, 0.1) is 0 Å². The van der Waals surface area contributed by atoms with Gasteiger partial charge in [-0.1, -0.05) is 31.4 Å². The third kappa shape index (κ3) is 4.70. The van der Waals surface area contributed by atoms with Gasteiger partial charge in [0.1, 0.15) is 5.82 Å². The monoisotopic (exact) mass is 290 g/mol. The molecule has 5 heteroatoms. The zero-order valence-electron chi connectivity index (χ0n) is 11.6. The Bertz CT molecular complexity index is 528. The van der Waals surface area contributed by atoms with E-state index in [0.717, 1.165) is 29.5 Å². The summed E-state index contributed by atoms with van der Waals surface area (Å²) < 4.78 is 0. The minimum atomic E-state index is 0.653. The maximum absolute atomic E-state index is 5.86. The van der Waals surface area contributed by atoms with Gasteiger partial charge in [-0.05, 0) is 36.8 Å². The number of hydrogen-bond acceptors (Lipinski definition) is 4. The molecule has 0 fully saturated rings. The summed E-state index contributed by atoms with van der Waals surface area (Å²) in [4.78, 5) is 8.63. The molecule has 0 saturated carbocycles. The number of rotatable bonds is 7. The second-order valence-electron chi connectivity index (χ2n) is 4.53. The summed E-state index contributed by atoms with van der Waals surface area (Å²) >= 11 is 5.86. The predicted octanol–water partition coefficient (Wildman–Crippen LogP) is 4.48. The Hall–Kier alpha value is -1.81. The van der Waals surface area contributed by atoms with E-state index in [0.29, 0.717) is 5.95 Å². The quantitative estimate of drug-likeness (QED) is 0.738. The van der Waals surface area contributed by atoms with E-state index < -0.39 is 0 Å². The Morgan fingerprint density at radius 1 is 1.10 bits per heavy atom. The van der Waals surface area contributed by atoms with E-state index in [9.17, 15) is 0 Å². The van der Waals surface area contributed by atoms with Gasteiger partial charge < -0.3 is 10.6 Å². The van der Waals surface area contributed by atoms with Gasteiger partial charge in [-0.25, -0.2) is 4.98 Å². The largest absolute Gasteiger partial charge is 0.354 e. The summed E-state index contributed by atoms with van der Waals surface area (Å²) in [6, 6.07) is 9.35. The van der Waals surface area contributed by atoms with Crippen molar-refractivity contribution in [3.8, 4) is 0 Å². The second-order valence-corrected chi connectivity index (χ2v) is 4.97. The molecule has 1 aromatic carbocycles. The lowest BCUT2D eigenvalue weighted by atomic mass is 10.2. The van der Waals surface area contributed by atoms with Crippen molar-refractivity contribution in [1.82, 2.24) is 9.97 Å². The van der Waals surface area contributed by atoms with Crippen LogP contribution in [0.15, 0.2) is 36.5 Å². The Balaban J connectivity index is 1.93. The van der Waals surface area contributed by atoms with Gasteiger partial charge in [0.2, 0.25) is 5.95 Å². The molecule has 2 N–H and O–H groups in total. The molecule has 0 unspecified atom stereocenters. The summed E-state index contributed by atoms with van der Waals surface area (Å²) in [5.74, 6) is 1.42. The number of hydrogen-bond donors (Lipinski definition) is 2. The molecule has 0 atom stereocenters. The van der Waals surface area contributed by atoms with E-state index >= 15 is 0 Å². The van der Waals surface area contributed by atoms with Crippen LogP contribution in [0.5, 0.6) is 0 Å². The molecule has 0 bridgehead atoms. The molecule has 0 aliphatic carbocycles. The Labute approximate surface area is 124 Å². The highest BCUT2D eigenvalue weighted by Crippen LogP contribution is 2.17. The van der Waals surface area contributed by atoms with Crippen LogP contribution in [0.2, 0.25) is 5.02 Å². The molecule has 2 rings (SSSR count). The number of nitrogens with zero attached hydrogens (tertiary/aromatic N) is 2. The number of unbranched alkanes of at least 4 members (excludes halogenated alkanes) is 2. The van der Waals surface area contributed by atoms with Crippen molar-refractivity contribution in [1.29, 1.82) is 0 Å². The van der Waals surface area contributed by atoms with Gasteiger partial charge in [-0.3, -0.25) is 0 Å². The number of nitrogens with one attached hydrogen (secondary N) is 2. The van der Waals surface area contributed by atoms with Crippen molar-refractivity contribution >= 4 is 29.1 Å². The smallest absolute Gasteiger partial charge is 0.224 e. The Morgan fingerprint density at radius 3 is 2.65 bits per heavy atom. The number of aromatic nitrogens is 2. The fraction of sp³-hybridized carbons (Fsp3) is 0.333. The average molecular weight is 291 g/mol. The van der Waals surface area contributed by atoms with Crippen LogP contribution in [0.4, 0.5) is 17.5 Å². The normalized spacial score (nSPS) is 10.3.